The summed E-state index contributed by atoms with van der Waals surface area (Å²) in [6.45, 7) is 5.02. The van der Waals surface area contributed by atoms with Crippen LogP contribution in [0, 0.1) is 18.6 Å². The van der Waals surface area contributed by atoms with Crippen LogP contribution in [0.25, 0.3) is 16.8 Å². The summed E-state index contributed by atoms with van der Waals surface area (Å²) in [5.41, 5.74) is 2.14. The molecule has 4 aromatic rings. The van der Waals surface area contributed by atoms with Crippen LogP contribution in [0.2, 0.25) is 5.02 Å². The number of aromatic nitrogens is 6. The number of hydrogen-bond donors (Lipinski definition) is 0. The SMILES string of the molecule is Cc1c(-c2cc(OCC(=O)c3ncc(F)cc3F)c3c(Cl)cnn3c2)nnn1C1CCN(C2COC2)CC1. The number of carbonyl (C=O) groups is 1. The highest BCUT2D eigenvalue weighted by Crippen LogP contribution is 2.34. The molecule has 0 N–H and O–H groups in total. The van der Waals surface area contributed by atoms with Crippen molar-refractivity contribution in [3.63, 3.8) is 0 Å². The molecule has 6 rings (SSSR count). The van der Waals surface area contributed by atoms with Gasteiger partial charge in [0.25, 0.3) is 0 Å². The van der Waals surface area contributed by atoms with E-state index >= 15 is 0 Å². The molecule has 0 spiro atoms. The lowest BCUT2D eigenvalue weighted by Crippen LogP contribution is -2.52. The van der Waals surface area contributed by atoms with Crippen LogP contribution in [-0.2, 0) is 4.74 Å². The zero-order chi connectivity index (χ0) is 26.4. The molecule has 0 aliphatic carbocycles. The lowest BCUT2D eigenvalue weighted by Gasteiger charge is -2.41. The van der Waals surface area contributed by atoms with E-state index in [4.69, 9.17) is 21.1 Å². The minimum absolute atomic E-state index is 0.239. The number of ether oxygens (including phenoxy) is 2. The number of ketones is 1. The van der Waals surface area contributed by atoms with E-state index in [1.54, 1.807) is 12.3 Å². The molecule has 0 radical (unpaired) electrons. The van der Waals surface area contributed by atoms with E-state index in [9.17, 15) is 13.6 Å². The largest absolute Gasteiger partial charge is 0.483 e. The highest BCUT2D eigenvalue weighted by atomic mass is 35.5. The number of carbonyl (C=O) groups excluding carboxylic acids is 1. The summed E-state index contributed by atoms with van der Waals surface area (Å²) in [7, 11) is 0. The normalized spacial score (nSPS) is 17.2. The first-order chi connectivity index (χ1) is 18.4. The van der Waals surface area contributed by atoms with Gasteiger partial charge in [-0.2, -0.15) is 5.10 Å². The monoisotopic (exact) mass is 543 g/mol. The fourth-order valence-electron chi connectivity index (χ4n) is 5.00. The van der Waals surface area contributed by atoms with Gasteiger partial charge in [0.15, 0.2) is 12.4 Å². The van der Waals surface area contributed by atoms with Gasteiger partial charge >= 0.3 is 0 Å². The summed E-state index contributed by atoms with van der Waals surface area (Å²) in [5, 5.41) is 13.5. The summed E-state index contributed by atoms with van der Waals surface area (Å²) in [4.78, 5) is 18.6. The van der Waals surface area contributed by atoms with E-state index in [-0.39, 0.29) is 11.8 Å². The van der Waals surface area contributed by atoms with Crippen molar-refractivity contribution < 1.29 is 23.0 Å². The summed E-state index contributed by atoms with van der Waals surface area (Å²) in [6.07, 6.45) is 5.94. The Morgan fingerprint density at radius 3 is 2.68 bits per heavy atom. The predicted octanol–water partition coefficient (Wildman–Crippen LogP) is 3.53. The van der Waals surface area contributed by atoms with Gasteiger partial charge in [0.1, 0.15) is 28.5 Å². The smallest absolute Gasteiger partial charge is 0.221 e. The third-order valence-electron chi connectivity index (χ3n) is 7.15. The van der Waals surface area contributed by atoms with Gasteiger partial charge in [-0.15, -0.1) is 5.10 Å². The molecule has 2 fully saturated rings. The van der Waals surface area contributed by atoms with Crippen molar-refractivity contribution in [2.75, 3.05) is 32.9 Å². The van der Waals surface area contributed by atoms with Crippen molar-refractivity contribution in [1.82, 2.24) is 34.5 Å². The molecule has 6 heterocycles. The van der Waals surface area contributed by atoms with Crippen molar-refractivity contribution in [1.29, 1.82) is 0 Å². The molecule has 38 heavy (non-hydrogen) atoms. The molecule has 0 saturated carbocycles. The fraction of sp³-hybridized carbons (Fsp3) is 0.400. The maximum absolute atomic E-state index is 14.0. The van der Waals surface area contributed by atoms with E-state index in [0.29, 0.717) is 33.9 Å². The molecule has 4 aromatic heterocycles. The van der Waals surface area contributed by atoms with Gasteiger partial charge in [-0.25, -0.2) is 23.0 Å². The maximum Gasteiger partial charge on any atom is 0.221 e. The van der Waals surface area contributed by atoms with Gasteiger partial charge in [0.2, 0.25) is 5.78 Å². The van der Waals surface area contributed by atoms with Crippen molar-refractivity contribution in [3.05, 3.63) is 58.8 Å². The van der Waals surface area contributed by atoms with Gasteiger partial charge in [0.05, 0.1) is 48.4 Å². The number of halogens is 3. The van der Waals surface area contributed by atoms with Gasteiger partial charge in [-0.3, -0.25) is 9.69 Å². The summed E-state index contributed by atoms with van der Waals surface area (Å²) in [5.74, 6) is -2.42. The molecule has 0 unspecified atom stereocenters. The predicted molar refractivity (Wildman–Crippen MR) is 132 cm³/mol. The number of rotatable bonds is 7. The lowest BCUT2D eigenvalue weighted by atomic mass is 10.0. The van der Waals surface area contributed by atoms with Crippen LogP contribution in [0.5, 0.6) is 5.75 Å². The van der Waals surface area contributed by atoms with Gasteiger partial charge < -0.3 is 9.47 Å². The van der Waals surface area contributed by atoms with Gasteiger partial charge in [-0.05, 0) is 25.8 Å². The van der Waals surface area contributed by atoms with E-state index in [0.717, 1.165) is 51.0 Å². The minimum atomic E-state index is -1.06. The number of pyridine rings is 2. The molecule has 0 amide bonds. The Bertz CT molecular complexity index is 1510. The lowest BCUT2D eigenvalue weighted by molar-refractivity contribution is -0.0735. The molecule has 198 valence electrons. The number of nitrogens with zero attached hydrogens (tertiary/aromatic N) is 7. The highest BCUT2D eigenvalue weighted by Gasteiger charge is 2.31. The molecular formula is C25H24ClF2N7O3. The molecule has 0 atom stereocenters. The number of fused-ring (bicyclic) bond motifs is 1. The second-order valence-electron chi connectivity index (χ2n) is 9.50. The summed E-state index contributed by atoms with van der Waals surface area (Å²) >= 11 is 6.33. The number of hydrogen-bond acceptors (Lipinski definition) is 8. The van der Waals surface area contributed by atoms with Crippen LogP contribution in [0.4, 0.5) is 8.78 Å². The van der Waals surface area contributed by atoms with Crippen molar-refractivity contribution in [2.45, 2.75) is 31.8 Å². The van der Waals surface area contributed by atoms with Gasteiger partial charge in [0, 0.05) is 30.9 Å². The second kappa shape index (κ2) is 10.0. The van der Waals surface area contributed by atoms with Crippen LogP contribution in [0.15, 0.2) is 30.7 Å². The first-order valence-electron chi connectivity index (χ1n) is 12.3. The highest BCUT2D eigenvalue weighted by molar-refractivity contribution is 6.34. The first kappa shape index (κ1) is 24.8. The summed E-state index contributed by atoms with van der Waals surface area (Å²) in [6, 6.07) is 3.06. The molecule has 0 bridgehead atoms. The zero-order valence-electron chi connectivity index (χ0n) is 20.5. The number of Topliss-reactive ketones (excluding diaryl/α,β-unsaturated/α-hetero) is 1. The molecule has 2 aliphatic rings. The average Bonchev–Trinajstić information content (AvgIpc) is 3.44. The number of piperidine rings is 1. The van der Waals surface area contributed by atoms with Crippen molar-refractivity contribution in [2.24, 2.45) is 0 Å². The molecule has 13 heteroatoms. The Labute approximate surface area is 221 Å². The quantitative estimate of drug-likeness (QED) is 0.326. The van der Waals surface area contributed by atoms with Crippen LogP contribution in [0.3, 0.4) is 0 Å². The molecular weight excluding hydrogens is 520 g/mol. The first-order valence-corrected chi connectivity index (χ1v) is 12.6. The Hall–Kier alpha value is -3.48. The summed E-state index contributed by atoms with van der Waals surface area (Å²) < 4.78 is 41.8. The van der Waals surface area contributed by atoms with Crippen LogP contribution < -0.4 is 4.74 Å². The van der Waals surface area contributed by atoms with Crippen LogP contribution in [-0.4, -0.2) is 79.2 Å². The second-order valence-corrected chi connectivity index (χ2v) is 9.91. The Balaban J connectivity index is 1.25. The molecule has 2 saturated heterocycles. The molecule has 0 aromatic carbocycles. The topological polar surface area (TPSA) is 99.7 Å². The Morgan fingerprint density at radius 2 is 1.97 bits per heavy atom. The van der Waals surface area contributed by atoms with Crippen LogP contribution in [0.1, 0.15) is 35.1 Å². The van der Waals surface area contributed by atoms with E-state index in [2.05, 4.69) is 25.3 Å². The molecule has 2 aliphatic heterocycles. The van der Waals surface area contributed by atoms with E-state index < -0.39 is 29.7 Å². The average molecular weight is 544 g/mol. The Kier molecular flexibility index (Phi) is 6.54. The zero-order valence-corrected chi connectivity index (χ0v) is 21.2. The van der Waals surface area contributed by atoms with Crippen molar-refractivity contribution in [3.8, 4) is 17.0 Å². The minimum Gasteiger partial charge on any atom is -0.483 e. The van der Waals surface area contributed by atoms with E-state index in [1.807, 2.05) is 11.6 Å². The molecule has 10 nitrogen and oxygen atoms in total. The third-order valence-corrected chi connectivity index (χ3v) is 7.42. The Morgan fingerprint density at radius 1 is 1.18 bits per heavy atom. The van der Waals surface area contributed by atoms with Crippen molar-refractivity contribution >= 4 is 22.9 Å². The number of likely N-dealkylation sites (tertiary alicyclic amines) is 1. The standard InChI is InChI=1S/C25H24ClF2N7O3/c1-14-23(31-32-35(14)17-2-4-33(5-3-17)18-11-37-12-18)15-6-22(25-19(26)9-30-34(25)10-15)38-13-21(36)24-20(28)7-16(27)8-29-24/h6-10,17-18H,2-5,11-13H2,1H3. The van der Waals surface area contributed by atoms with Crippen LogP contribution >= 0.6 is 11.6 Å². The maximum atomic E-state index is 14.0. The van der Waals surface area contributed by atoms with E-state index in [1.165, 1.54) is 10.7 Å². The van der Waals surface area contributed by atoms with Gasteiger partial charge in [-0.1, -0.05) is 16.8 Å². The fourth-order valence-corrected chi connectivity index (χ4v) is 5.23. The third kappa shape index (κ3) is 4.52.